The molecule has 2 aliphatic carbocycles. The van der Waals surface area contributed by atoms with E-state index in [1.54, 1.807) is 7.11 Å². The number of nitrogens with one attached hydrogen (secondary N) is 1. The number of carbonyl (C=O) groups is 1. The van der Waals surface area contributed by atoms with Gasteiger partial charge in [0.15, 0.2) is 0 Å². The fourth-order valence-corrected chi connectivity index (χ4v) is 6.49. The first-order valence-corrected chi connectivity index (χ1v) is 15.5. The van der Waals surface area contributed by atoms with E-state index in [9.17, 15) is 9.90 Å². The zero-order valence-corrected chi connectivity index (χ0v) is 25.1. The third-order valence-electron chi connectivity index (χ3n) is 9.12. The molecule has 8 heteroatoms. The third-order valence-corrected chi connectivity index (χ3v) is 9.12. The second kappa shape index (κ2) is 13.7. The molecule has 3 aliphatic rings. The molecule has 1 saturated heterocycles. The molecule has 8 nitrogen and oxygen atoms in total. The van der Waals surface area contributed by atoms with Crippen LogP contribution in [0.25, 0.3) is 0 Å². The van der Waals surface area contributed by atoms with E-state index in [0.717, 1.165) is 94.4 Å². The largest absolute Gasteiger partial charge is 0.393 e. The molecular weight excluding hydrogens is 490 g/mol. The second-order valence-corrected chi connectivity index (χ2v) is 13.4. The first-order valence-electron chi connectivity index (χ1n) is 15.5. The molecule has 1 aromatic heterocycles. The SMILES string of the molecule is COCCc1cc(N2CCN(CC[C@H]3CC[C@@H](NC(=O)[C@H]4CC[C@@H](O)CC4)CC3)C[C@@H]2C)nc(C(C)(C)C)n1. The zero-order valence-electron chi connectivity index (χ0n) is 25.1. The summed E-state index contributed by atoms with van der Waals surface area (Å²) in [5.41, 5.74) is 0.968. The number of hydrogen-bond acceptors (Lipinski definition) is 7. The van der Waals surface area contributed by atoms with Gasteiger partial charge in [0, 0.05) is 68.3 Å². The number of methoxy groups -OCH3 is 1. The number of aromatic nitrogens is 2. The van der Waals surface area contributed by atoms with E-state index in [2.05, 4.69) is 48.9 Å². The topological polar surface area (TPSA) is 90.8 Å². The molecule has 4 rings (SSSR count). The van der Waals surface area contributed by atoms with Gasteiger partial charge in [-0.3, -0.25) is 9.69 Å². The molecule has 2 heterocycles. The van der Waals surface area contributed by atoms with Crippen molar-refractivity contribution in [2.75, 3.05) is 44.8 Å². The van der Waals surface area contributed by atoms with Crippen molar-refractivity contribution in [2.24, 2.45) is 11.8 Å². The van der Waals surface area contributed by atoms with Crippen LogP contribution >= 0.6 is 0 Å². The van der Waals surface area contributed by atoms with Gasteiger partial charge in [-0.2, -0.15) is 0 Å². The Kier molecular flexibility index (Phi) is 10.6. The summed E-state index contributed by atoms with van der Waals surface area (Å²) in [6, 6.07) is 2.90. The third kappa shape index (κ3) is 8.61. The van der Waals surface area contributed by atoms with E-state index in [1.165, 1.54) is 19.3 Å². The van der Waals surface area contributed by atoms with Gasteiger partial charge in [0.05, 0.1) is 12.7 Å². The van der Waals surface area contributed by atoms with Gasteiger partial charge in [0.2, 0.25) is 5.91 Å². The molecule has 3 fully saturated rings. The number of amides is 1. The van der Waals surface area contributed by atoms with E-state index in [1.807, 2.05) is 0 Å². The van der Waals surface area contributed by atoms with Crippen LogP contribution in [0.5, 0.6) is 0 Å². The molecular formula is C31H53N5O3. The lowest BCUT2D eigenvalue weighted by Crippen LogP contribution is -2.52. The lowest BCUT2D eigenvalue weighted by atomic mass is 9.83. The predicted octanol–water partition coefficient (Wildman–Crippen LogP) is 4.09. The van der Waals surface area contributed by atoms with E-state index < -0.39 is 0 Å². The predicted molar refractivity (Wildman–Crippen MR) is 156 cm³/mol. The average Bonchev–Trinajstić information content (AvgIpc) is 2.91. The van der Waals surface area contributed by atoms with Gasteiger partial charge in [-0.25, -0.2) is 9.97 Å². The van der Waals surface area contributed by atoms with E-state index in [4.69, 9.17) is 14.7 Å². The minimum atomic E-state index is -0.206. The second-order valence-electron chi connectivity index (χ2n) is 13.4. The van der Waals surface area contributed by atoms with Gasteiger partial charge in [-0.05, 0) is 77.2 Å². The summed E-state index contributed by atoms with van der Waals surface area (Å²) in [6.07, 6.45) is 9.68. The first kappa shape index (κ1) is 30.2. The quantitative estimate of drug-likeness (QED) is 0.485. The maximum Gasteiger partial charge on any atom is 0.223 e. The summed E-state index contributed by atoms with van der Waals surface area (Å²) >= 11 is 0. The van der Waals surface area contributed by atoms with Gasteiger partial charge < -0.3 is 20.1 Å². The van der Waals surface area contributed by atoms with Gasteiger partial charge in [0.1, 0.15) is 11.6 Å². The van der Waals surface area contributed by atoms with E-state index in [0.29, 0.717) is 18.7 Å². The van der Waals surface area contributed by atoms with E-state index >= 15 is 0 Å². The summed E-state index contributed by atoms with van der Waals surface area (Å²) in [6.45, 7) is 13.8. The van der Waals surface area contributed by atoms with Crippen LogP contribution in [0.3, 0.4) is 0 Å². The lowest BCUT2D eigenvalue weighted by molar-refractivity contribution is -0.127. The van der Waals surface area contributed by atoms with Crippen LogP contribution in [-0.4, -0.2) is 84.0 Å². The molecule has 0 aromatic carbocycles. The van der Waals surface area contributed by atoms with Crippen molar-refractivity contribution in [3.05, 3.63) is 17.6 Å². The van der Waals surface area contributed by atoms with Crippen LogP contribution < -0.4 is 10.2 Å². The monoisotopic (exact) mass is 543 g/mol. The number of hydrogen-bond donors (Lipinski definition) is 2. The van der Waals surface area contributed by atoms with Crippen molar-refractivity contribution < 1.29 is 14.6 Å². The fourth-order valence-electron chi connectivity index (χ4n) is 6.49. The molecule has 1 aliphatic heterocycles. The molecule has 0 radical (unpaired) electrons. The molecule has 2 saturated carbocycles. The zero-order chi connectivity index (χ0) is 28.0. The summed E-state index contributed by atoms with van der Waals surface area (Å²) in [7, 11) is 1.74. The summed E-state index contributed by atoms with van der Waals surface area (Å²) in [4.78, 5) is 27.6. The highest BCUT2D eigenvalue weighted by atomic mass is 16.5. The fraction of sp³-hybridized carbons (Fsp3) is 0.839. The molecule has 0 bridgehead atoms. The van der Waals surface area contributed by atoms with Crippen LogP contribution in [0.15, 0.2) is 6.07 Å². The molecule has 0 unspecified atom stereocenters. The molecule has 1 atom stereocenters. The van der Waals surface area contributed by atoms with Crippen molar-refractivity contribution in [1.29, 1.82) is 0 Å². The van der Waals surface area contributed by atoms with Gasteiger partial charge in [0.25, 0.3) is 0 Å². The van der Waals surface area contributed by atoms with Crippen LogP contribution in [0.2, 0.25) is 0 Å². The van der Waals surface area contributed by atoms with Crippen molar-refractivity contribution in [3.63, 3.8) is 0 Å². The van der Waals surface area contributed by atoms with Gasteiger partial charge >= 0.3 is 0 Å². The Balaban J connectivity index is 1.21. The Morgan fingerprint density at radius 2 is 1.79 bits per heavy atom. The lowest BCUT2D eigenvalue weighted by Gasteiger charge is -2.41. The summed E-state index contributed by atoms with van der Waals surface area (Å²) in [5, 5.41) is 13.0. The number of aliphatic hydroxyl groups is 1. The van der Waals surface area contributed by atoms with Crippen molar-refractivity contribution in [2.45, 2.75) is 116 Å². The summed E-state index contributed by atoms with van der Waals surface area (Å²) < 4.78 is 5.31. The Labute approximate surface area is 236 Å². The normalized spacial score (nSPS) is 28.9. The number of carbonyl (C=O) groups excluding carboxylic acids is 1. The van der Waals surface area contributed by atoms with E-state index in [-0.39, 0.29) is 23.3 Å². The standard InChI is InChI=1S/C31H53N5O3/c1-22-21-35(17-18-36(22)28-20-26(15-19-39-5)33-30(34-28)31(2,3)4)16-14-23-6-10-25(11-7-23)32-29(38)24-8-12-27(37)13-9-24/h20,22-25,27,37H,6-19,21H2,1-5H3,(H,32,38)/t22-,23-,24-,25+,27+/m0/s1. The summed E-state index contributed by atoms with van der Waals surface area (Å²) in [5.74, 6) is 3.05. The average molecular weight is 544 g/mol. The van der Waals surface area contributed by atoms with Crippen LogP contribution in [0.1, 0.15) is 97.0 Å². The molecule has 1 aromatic rings. The van der Waals surface area contributed by atoms with Crippen LogP contribution in [-0.2, 0) is 21.4 Å². The van der Waals surface area contributed by atoms with Crippen LogP contribution in [0, 0.1) is 11.8 Å². The Hall–Kier alpha value is -1.77. The number of ether oxygens (including phenoxy) is 1. The maximum absolute atomic E-state index is 12.7. The van der Waals surface area contributed by atoms with Gasteiger partial charge in [-0.15, -0.1) is 0 Å². The van der Waals surface area contributed by atoms with Crippen molar-refractivity contribution >= 4 is 11.7 Å². The minimum Gasteiger partial charge on any atom is -0.393 e. The Morgan fingerprint density at radius 3 is 2.44 bits per heavy atom. The molecule has 39 heavy (non-hydrogen) atoms. The molecule has 0 spiro atoms. The number of anilines is 1. The minimum absolute atomic E-state index is 0.0931. The van der Waals surface area contributed by atoms with Crippen molar-refractivity contribution in [1.82, 2.24) is 20.2 Å². The molecule has 2 N–H and O–H groups in total. The molecule has 1 amide bonds. The highest BCUT2D eigenvalue weighted by Gasteiger charge is 2.30. The van der Waals surface area contributed by atoms with Gasteiger partial charge in [-0.1, -0.05) is 20.8 Å². The Bertz CT molecular complexity index is 919. The Morgan fingerprint density at radius 1 is 1.08 bits per heavy atom. The van der Waals surface area contributed by atoms with Crippen molar-refractivity contribution in [3.8, 4) is 0 Å². The first-order chi connectivity index (χ1) is 18.6. The number of nitrogens with zero attached hydrogens (tertiary/aromatic N) is 4. The number of piperazine rings is 1. The highest BCUT2D eigenvalue weighted by Crippen LogP contribution is 2.30. The highest BCUT2D eigenvalue weighted by molar-refractivity contribution is 5.79. The van der Waals surface area contributed by atoms with Crippen LogP contribution in [0.4, 0.5) is 5.82 Å². The molecule has 220 valence electrons. The maximum atomic E-state index is 12.7. The number of rotatable bonds is 9. The smallest absolute Gasteiger partial charge is 0.223 e. The number of aliphatic hydroxyl groups excluding tert-OH is 1.